The van der Waals surface area contributed by atoms with Gasteiger partial charge in [-0.25, -0.2) is 0 Å². The highest BCUT2D eigenvalue weighted by Crippen LogP contribution is 2.23. The van der Waals surface area contributed by atoms with E-state index in [4.69, 9.17) is 27.9 Å². The topological polar surface area (TPSA) is 21.3 Å². The highest BCUT2D eigenvalue weighted by atomic mass is 35.5. The molecule has 2 aromatic rings. The summed E-state index contributed by atoms with van der Waals surface area (Å²) in [6, 6.07) is 13.6. The number of ether oxygens (including phenoxy) is 1. The second-order valence-electron chi connectivity index (χ2n) is 4.86. The van der Waals surface area contributed by atoms with Crippen LogP contribution in [0.1, 0.15) is 24.5 Å². The summed E-state index contributed by atoms with van der Waals surface area (Å²) >= 11 is 11.9. The first kappa shape index (κ1) is 16.2. The van der Waals surface area contributed by atoms with Crippen LogP contribution in [-0.2, 0) is 13.2 Å². The maximum Gasteiger partial charge on any atom is 0.120 e. The maximum absolute atomic E-state index is 6.00. The van der Waals surface area contributed by atoms with Gasteiger partial charge in [-0.2, -0.15) is 0 Å². The molecule has 0 aliphatic heterocycles. The Morgan fingerprint density at radius 1 is 1.00 bits per heavy atom. The van der Waals surface area contributed by atoms with Crippen molar-refractivity contribution >= 4 is 23.2 Å². The minimum absolute atomic E-state index is 0.475. The monoisotopic (exact) mass is 323 g/mol. The molecule has 21 heavy (non-hydrogen) atoms. The van der Waals surface area contributed by atoms with Crippen molar-refractivity contribution in [2.24, 2.45) is 0 Å². The molecular formula is C17H19Cl2NO. The number of hydrogen-bond acceptors (Lipinski definition) is 2. The van der Waals surface area contributed by atoms with Crippen LogP contribution in [0.25, 0.3) is 0 Å². The third-order valence-corrected chi connectivity index (χ3v) is 3.78. The second-order valence-corrected chi connectivity index (χ2v) is 5.68. The van der Waals surface area contributed by atoms with Crippen LogP contribution >= 0.6 is 23.2 Å². The van der Waals surface area contributed by atoms with Crippen LogP contribution in [0.3, 0.4) is 0 Å². The van der Waals surface area contributed by atoms with Gasteiger partial charge in [0.05, 0.1) is 10.0 Å². The fourth-order valence-corrected chi connectivity index (χ4v) is 2.27. The van der Waals surface area contributed by atoms with Crippen molar-refractivity contribution < 1.29 is 4.74 Å². The lowest BCUT2D eigenvalue weighted by molar-refractivity contribution is 0.306. The molecule has 0 radical (unpaired) electrons. The summed E-state index contributed by atoms with van der Waals surface area (Å²) in [6.45, 7) is 4.51. The van der Waals surface area contributed by atoms with E-state index in [0.717, 1.165) is 30.8 Å². The second kappa shape index (κ2) is 8.28. The molecule has 0 unspecified atom stereocenters. The van der Waals surface area contributed by atoms with E-state index in [1.165, 1.54) is 5.56 Å². The van der Waals surface area contributed by atoms with Gasteiger partial charge in [-0.05, 0) is 48.4 Å². The third kappa shape index (κ3) is 5.24. The van der Waals surface area contributed by atoms with E-state index in [9.17, 15) is 0 Å². The lowest BCUT2D eigenvalue weighted by Gasteiger charge is -2.09. The maximum atomic E-state index is 6.00. The average molecular weight is 324 g/mol. The summed E-state index contributed by atoms with van der Waals surface area (Å²) in [5, 5.41) is 4.49. The van der Waals surface area contributed by atoms with Crippen molar-refractivity contribution in [1.82, 2.24) is 5.32 Å². The molecular weight excluding hydrogens is 305 g/mol. The van der Waals surface area contributed by atoms with Crippen molar-refractivity contribution in [1.29, 1.82) is 0 Å². The molecule has 0 fully saturated rings. The highest BCUT2D eigenvalue weighted by Gasteiger charge is 2.01. The highest BCUT2D eigenvalue weighted by molar-refractivity contribution is 6.42. The lowest BCUT2D eigenvalue weighted by atomic mass is 10.2. The molecule has 2 rings (SSSR count). The molecule has 0 amide bonds. The Kier molecular flexibility index (Phi) is 6.37. The fraction of sp³-hybridized carbons (Fsp3) is 0.294. The lowest BCUT2D eigenvalue weighted by Crippen LogP contribution is -2.13. The SMILES string of the molecule is CCCNCc1cccc(OCc2ccc(Cl)c(Cl)c2)c1. The molecule has 0 heterocycles. The third-order valence-electron chi connectivity index (χ3n) is 3.04. The van der Waals surface area contributed by atoms with Crippen LogP contribution in [0.2, 0.25) is 10.0 Å². The number of hydrogen-bond donors (Lipinski definition) is 1. The van der Waals surface area contributed by atoms with Crippen LogP contribution in [-0.4, -0.2) is 6.54 Å². The minimum atomic E-state index is 0.475. The predicted octanol–water partition coefficient (Wildman–Crippen LogP) is 5.07. The molecule has 2 aromatic carbocycles. The van der Waals surface area contributed by atoms with Gasteiger partial charge in [0.25, 0.3) is 0 Å². The van der Waals surface area contributed by atoms with Crippen LogP contribution in [0.4, 0.5) is 0 Å². The van der Waals surface area contributed by atoms with E-state index >= 15 is 0 Å². The molecule has 2 nitrogen and oxygen atoms in total. The van der Waals surface area contributed by atoms with Crippen LogP contribution < -0.4 is 10.1 Å². The number of benzene rings is 2. The quantitative estimate of drug-likeness (QED) is 0.718. The van der Waals surface area contributed by atoms with Crippen molar-refractivity contribution in [3.05, 3.63) is 63.6 Å². The Hall–Kier alpha value is -1.22. The Morgan fingerprint density at radius 3 is 2.62 bits per heavy atom. The molecule has 0 spiro atoms. The van der Waals surface area contributed by atoms with Gasteiger partial charge in [-0.3, -0.25) is 0 Å². The zero-order valence-electron chi connectivity index (χ0n) is 12.0. The van der Waals surface area contributed by atoms with E-state index in [1.54, 1.807) is 6.07 Å². The van der Waals surface area contributed by atoms with Crippen molar-refractivity contribution in [3.63, 3.8) is 0 Å². The van der Waals surface area contributed by atoms with Gasteiger partial charge in [0, 0.05) is 6.54 Å². The summed E-state index contributed by atoms with van der Waals surface area (Å²) < 4.78 is 5.80. The molecule has 0 atom stereocenters. The van der Waals surface area contributed by atoms with Gasteiger partial charge in [0.2, 0.25) is 0 Å². The van der Waals surface area contributed by atoms with Gasteiger partial charge < -0.3 is 10.1 Å². The smallest absolute Gasteiger partial charge is 0.120 e. The molecule has 0 saturated carbocycles. The Labute approximate surface area is 136 Å². The molecule has 0 aromatic heterocycles. The Bertz CT molecular complexity index is 587. The van der Waals surface area contributed by atoms with Crippen molar-refractivity contribution in [3.8, 4) is 5.75 Å². The van der Waals surface area contributed by atoms with Crippen LogP contribution in [0, 0.1) is 0 Å². The van der Waals surface area contributed by atoms with E-state index < -0.39 is 0 Å². The summed E-state index contributed by atoms with van der Waals surface area (Å²) in [5.74, 6) is 0.858. The summed E-state index contributed by atoms with van der Waals surface area (Å²) in [5.41, 5.74) is 2.22. The molecule has 112 valence electrons. The Balaban J connectivity index is 1.93. The first-order valence-electron chi connectivity index (χ1n) is 7.05. The summed E-state index contributed by atoms with van der Waals surface area (Å²) in [4.78, 5) is 0. The Morgan fingerprint density at radius 2 is 1.86 bits per heavy atom. The standard InChI is InChI=1S/C17H19Cl2NO/c1-2-8-20-11-13-4-3-5-15(9-13)21-12-14-6-7-16(18)17(19)10-14/h3-7,9-10,20H,2,8,11-12H2,1H3. The molecule has 0 saturated heterocycles. The largest absolute Gasteiger partial charge is 0.489 e. The number of nitrogens with one attached hydrogen (secondary N) is 1. The first-order chi connectivity index (χ1) is 10.2. The summed E-state index contributed by atoms with van der Waals surface area (Å²) in [6.07, 6.45) is 1.13. The molecule has 0 bridgehead atoms. The molecule has 1 N–H and O–H groups in total. The number of rotatable bonds is 7. The van der Waals surface area contributed by atoms with E-state index in [0.29, 0.717) is 16.7 Å². The zero-order chi connectivity index (χ0) is 15.1. The van der Waals surface area contributed by atoms with Gasteiger partial charge in [-0.1, -0.05) is 48.3 Å². The van der Waals surface area contributed by atoms with Gasteiger partial charge >= 0.3 is 0 Å². The van der Waals surface area contributed by atoms with Crippen molar-refractivity contribution in [2.45, 2.75) is 26.5 Å². The molecule has 0 aliphatic rings. The van der Waals surface area contributed by atoms with Gasteiger partial charge in [0.1, 0.15) is 12.4 Å². The van der Waals surface area contributed by atoms with E-state index in [1.807, 2.05) is 24.3 Å². The normalized spacial score (nSPS) is 10.6. The zero-order valence-corrected chi connectivity index (χ0v) is 13.5. The van der Waals surface area contributed by atoms with E-state index in [2.05, 4.69) is 24.4 Å². The minimum Gasteiger partial charge on any atom is -0.489 e. The van der Waals surface area contributed by atoms with Crippen LogP contribution in [0.15, 0.2) is 42.5 Å². The van der Waals surface area contributed by atoms with Gasteiger partial charge in [0.15, 0.2) is 0 Å². The van der Waals surface area contributed by atoms with Gasteiger partial charge in [-0.15, -0.1) is 0 Å². The van der Waals surface area contributed by atoms with E-state index in [-0.39, 0.29) is 0 Å². The first-order valence-corrected chi connectivity index (χ1v) is 7.81. The molecule has 0 aliphatic carbocycles. The summed E-state index contributed by atoms with van der Waals surface area (Å²) in [7, 11) is 0. The number of halogens is 2. The van der Waals surface area contributed by atoms with Crippen LogP contribution in [0.5, 0.6) is 5.75 Å². The van der Waals surface area contributed by atoms with Crippen molar-refractivity contribution in [2.75, 3.05) is 6.54 Å². The predicted molar refractivity (Wildman–Crippen MR) is 89.2 cm³/mol. The fourth-order valence-electron chi connectivity index (χ4n) is 1.95. The average Bonchev–Trinajstić information content (AvgIpc) is 2.49. The molecule has 4 heteroatoms.